The van der Waals surface area contributed by atoms with Crippen LogP contribution in [0.5, 0.6) is 0 Å². The van der Waals surface area contributed by atoms with Gasteiger partial charge in [-0.25, -0.2) is 4.98 Å². The number of nitrogens with zero attached hydrogens (tertiary/aromatic N) is 5. The molecule has 0 bridgehead atoms. The van der Waals surface area contributed by atoms with Crippen LogP contribution in [0, 0.1) is 0 Å². The van der Waals surface area contributed by atoms with Crippen LogP contribution in [-0.2, 0) is 6.54 Å². The van der Waals surface area contributed by atoms with E-state index >= 15 is 0 Å². The fourth-order valence-electron chi connectivity index (χ4n) is 4.10. The fraction of sp³-hybridized carbons (Fsp3) is 0.727. The van der Waals surface area contributed by atoms with Gasteiger partial charge in [0.1, 0.15) is 5.82 Å². The third-order valence-electron chi connectivity index (χ3n) is 6.22. The van der Waals surface area contributed by atoms with E-state index in [2.05, 4.69) is 68.3 Å². The summed E-state index contributed by atoms with van der Waals surface area (Å²) in [4.78, 5) is 16.3. The molecule has 2 aliphatic heterocycles. The van der Waals surface area contributed by atoms with E-state index in [4.69, 9.17) is 0 Å². The van der Waals surface area contributed by atoms with Crippen molar-refractivity contribution in [2.24, 2.45) is 4.99 Å². The van der Waals surface area contributed by atoms with Gasteiger partial charge >= 0.3 is 0 Å². The minimum atomic E-state index is 0.128. The highest BCUT2D eigenvalue weighted by Gasteiger charge is 2.27. The predicted molar refractivity (Wildman–Crippen MR) is 122 cm³/mol. The molecule has 2 N–H and O–H groups in total. The van der Waals surface area contributed by atoms with E-state index in [1.165, 1.54) is 37.9 Å². The molecule has 3 heterocycles. The lowest BCUT2D eigenvalue weighted by molar-refractivity contribution is 0.0982. The second-order valence-electron chi connectivity index (χ2n) is 8.95. The van der Waals surface area contributed by atoms with Crippen LogP contribution in [0.1, 0.15) is 38.7 Å². The number of piperidine rings is 1. The zero-order valence-corrected chi connectivity index (χ0v) is 18.7. The van der Waals surface area contributed by atoms with E-state index < -0.39 is 0 Å². The van der Waals surface area contributed by atoms with Gasteiger partial charge in [-0.05, 0) is 64.5 Å². The van der Waals surface area contributed by atoms with Crippen molar-refractivity contribution < 1.29 is 0 Å². The Labute approximate surface area is 176 Å². The van der Waals surface area contributed by atoms with Gasteiger partial charge in [0.2, 0.25) is 0 Å². The summed E-state index contributed by atoms with van der Waals surface area (Å²) in [5.74, 6) is 1.93. The van der Waals surface area contributed by atoms with Gasteiger partial charge in [0, 0.05) is 58.1 Å². The third kappa shape index (κ3) is 6.31. The standard InChI is InChI=1S/C22H39N7/c1-22(2,29-10-6-5-7-11-29)18-26-21(23-3)25-17-19-8-9-24-20(16-19)28-14-12-27(4)13-15-28/h8-9,16H,5-7,10-15,17-18H2,1-4H3,(H2,23,25,26). The maximum atomic E-state index is 4.58. The largest absolute Gasteiger partial charge is 0.355 e. The van der Waals surface area contributed by atoms with Crippen molar-refractivity contribution >= 4 is 11.8 Å². The fourth-order valence-corrected chi connectivity index (χ4v) is 4.10. The molecule has 3 rings (SSSR count). The normalized spacial score (nSPS) is 20.0. The van der Waals surface area contributed by atoms with Crippen molar-refractivity contribution in [1.29, 1.82) is 0 Å². The molecule has 0 saturated carbocycles. The Morgan fingerprint density at radius 3 is 2.48 bits per heavy atom. The Morgan fingerprint density at radius 2 is 1.79 bits per heavy atom. The summed E-state index contributed by atoms with van der Waals surface area (Å²) in [5.41, 5.74) is 1.36. The molecule has 7 heteroatoms. The summed E-state index contributed by atoms with van der Waals surface area (Å²) in [6.07, 6.45) is 5.91. The Kier molecular flexibility index (Phi) is 7.72. The lowest BCUT2D eigenvalue weighted by atomic mass is 9.98. The number of aromatic nitrogens is 1. The first kappa shape index (κ1) is 21.8. The van der Waals surface area contributed by atoms with E-state index in [1.807, 2.05) is 13.2 Å². The molecule has 7 nitrogen and oxygen atoms in total. The molecule has 0 unspecified atom stereocenters. The Hall–Kier alpha value is -1.86. The van der Waals surface area contributed by atoms with Crippen molar-refractivity contribution in [2.45, 2.75) is 45.2 Å². The topological polar surface area (TPSA) is 59.0 Å². The van der Waals surface area contributed by atoms with Gasteiger partial charge in [0.15, 0.2) is 5.96 Å². The highest BCUT2D eigenvalue weighted by atomic mass is 15.3. The monoisotopic (exact) mass is 401 g/mol. The molecular weight excluding hydrogens is 362 g/mol. The number of piperazine rings is 1. The van der Waals surface area contributed by atoms with Gasteiger partial charge in [-0.2, -0.15) is 0 Å². The Bertz CT molecular complexity index is 659. The van der Waals surface area contributed by atoms with Crippen molar-refractivity contribution in [3.05, 3.63) is 23.9 Å². The predicted octanol–water partition coefficient (Wildman–Crippen LogP) is 1.76. The number of rotatable bonds is 6. The van der Waals surface area contributed by atoms with Crippen LogP contribution >= 0.6 is 0 Å². The summed E-state index contributed by atoms with van der Waals surface area (Å²) in [5, 5.41) is 6.99. The first-order valence-electron chi connectivity index (χ1n) is 11.1. The summed E-state index contributed by atoms with van der Waals surface area (Å²) in [7, 11) is 4.02. The SMILES string of the molecule is CN=C(NCc1ccnc(N2CCN(C)CC2)c1)NCC(C)(C)N1CCCCC1. The zero-order chi connectivity index (χ0) is 20.7. The lowest BCUT2D eigenvalue weighted by Crippen LogP contribution is -2.54. The van der Waals surface area contributed by atoms with Crippen LogP contribution in [0.2, 0.25) is 0 Å². The van der Waals surface area contributed by atoms with E-state index in [1.54, 1.807) is 0 Å². The van der Waals surface area contributed by atoms with E-state index in [-0.39, 0.29) is 5.54 Å². The number of guanidine groups is 1. The van der Waals surface area contributed by atoms with Crippen LogP contribution in [0.25, 0.3) is 0 Å². The molecule has 0 aliphatic carbocycles. The smallest absolute Gasteiger partial charge is 0.191 e. The van der Waals surface area contributed by atoms with Gasteiger partial charge in [-0.1, -0.05) is 6.42 Å². The lowest BCUT2D eigenvalue weighted by Gasteiger charge is -2.41. The molecule has 0 atom stereocenters. The van der Waals surface area contributed by atoms with Crippen LogP contribution in [0.4, 0.5) is 5.82 Å². The number of nitrogens with one attached hydrogen (secondary N) is 2. The van der Waals surface area contributed by atoms with Crippen LogP contribution in [0.3, 0.4) is 0 Å². The molecular formula is C22H39N7. The highest BCUT2D eigenvalue weighted by molar-refractivity contribution is 5.79. The second kappa shape index (κ2) is 10.3. The van der Waals surface area contributed by atoms with Crippen molar-refractivity contribution in [2.75, 3.05) is 64.8 Å². The Balaban J connectivity index is 1.49. The van der Waals surface area contributed by atoms with Gasteiger partial charge in [0.05, 0.1) is 0 Å². The third-order valence-corrected chi connectivity index (χ3v) is 6.22. The molecule has 1 aromatic heterocycles. The molecule has 0 amide bonds. The second-order valence-corrected chi connectivity index (χ2v) is 8.95. The van der Waals surface area contributed by atoms with Gasteiger partial charge in [-0.15, -0.1) is 0 Å². The van der Waals surface area contributed by atoms with E-state index in [0.29, 0.717) is 0 Å². The molecule has 29 heavy (non-hydrogen) atoms. The summed E-state index contributed by atoms with van der Waals surface area (Å²) >= 11 is 0. The molecule has 2 saturated heterocycles. The number of hydrogen-bond acceptors (Lipinski definition) is 5. The number of pyridine rings is 1. The zero-order valence-electron chi connectivity index (χ0n) is 18.7. The first-order chi connectivity index (χ1) is 14.0. The number of hydrogen-bond donors (Lipinski definition) is 2. The molecule has 2 aliphatic rings. The molecule has 1 aromatic rings. The van der Waals surface area contributed by atoms with Gasteiger partial charge in [0.25, 0.3) is 0 Å². The van der Waals surface area contributed by atoms with Crippen LogP contribution < -0.4 is 15.5 Å². The molecule has 162 valence electrons. The average Bonchev–Trinajstić information content (AvgIpc) is 2.75. The molecule has 0 radical (unpaired) electrons. The molecule has 0 aromatic carbocycles. The quantitative estimate of drug-likeness (QED) is 0.560. The Morgan fingerprint density at radius 1 is 1.07 bits per heavy atom. The minimum absolute atomic E-state index is 0.128. The highest BCUT2D eigenvalue weighted by Crippen LogP contribution is 2.20. The summed E-state index contributed by atoms with van der Waals surface area (Å²) in [6, 6.07) is 4.28. The van der Waals surface area contributed by atoms with Crippen LogP contribution in [-0.4, -0.2) is 86.2 Å². The van der Waals surface area contributed by atoms with Gasteiger partial charge in [-0.3, -0.25) is 9.89 Å². The maximum Gasteiger partial charge on any atom is 0.191 e. The van der Waals surface area contributed by atoms with Crippen molar-refractivity contribution in [3.8, 4) is 0 Å². The molecule has 0 spiro atoms. The molecule has 2 fully saturated rings. The van der Waals surface area contributed by atoms with Crippen LogP contribution in [0.15, 0.2) is 23.3 Å². The summed E-state index contributed by atoms with van der Waals surface area (Å²) in [6.45, 7) is 12.9. The van der Waals surface area contributed by atoms with Crippen molar-refractivity contribution in [1.82, 2.24) is 25.4 Å². The van der Waals surface area contributed by atoms with Crippen molar-refractivity contribution in [3.63, 3.8) is 0 Å². The number of likely N-dealkylation sites (N-methyl/N-ethyl adjacent to an activating group) is 1. The number of anilines is 1. The van der Waals surface area contributed by atoms with E-state index in [9.17, 15) is 0 Å². The number of aliphatic imine (C=N–C) groups is 1. The maximum absolute atomic E-state index is 4.58. The first-order valence-corrected chi connectivity index (χ1v) is 11.1. The number of likely N-dealkylation sites (tertiary alicyclic amines) is 1. The minimum Gasteiger partial charge on any atom is -0.355 e. The average molecular weight is 402 g/mol. The van der Waals surface area contributed by atoms with E-state index in [0.717, 1.165) is 51.0 Å². The summed E-state index contributed by atoms with van der Waals surface area (Å²) < 4.78 is 0. The van der Waals surface area contributed by atoms with Gasteiger partial charge < -0.3 is 20.4 Å².